The fourth-order valence-corrected chi connectivity index (χ4v) is 3.18. The topological polar surface area (TPSA) is 76.1 Å². The number of carbonyl (C=O) groups is 1. The molecule has 2 N–H and O–H groups in total. The minimum absolute atomic E-state index is 0.115. The Morgan fingerprint density at radius 3 is 2.66 bits per heavy atom. The van der Waals surface area contributed by atoms with Crippen LogP contribution >= 0.6 is 23.2 Å². The maximum Gasteiger partial charge on any atom is 0.434 e. The molecule has 1 aliphatic heterocycles. The van der Waals surface area contributed by atoms with Crippen LogP contribution in [0.2, 0.25) is 10.0 Å². The van der Waals surface area contributed by atoms with E-state index in [1.807, 2.05) is 0 Å². The van der Waals surface area contributed by atoms with Crippen LogP contribution < -0.4 is 10.6 Å². The van der Waals surface area contributed by atoms with Gasteiger partial charge in [-0.1, -0.05) is 29.3 Å². The summed E-state index contributed by atoms with van der Waals surface area (Å²) < 4.78 is 45.7. The molecular formula is C18H17Cl2F3N4O2. The molecule has 3 rings (SSSR count). The Morgan fingerprint density at radius 1 is 1.24 bits per heavy atom. The number of benzene rings is 1. The van der Waals surface area contributed by atoms with E-state index >= 15 is 0 Å². The summed E-state index contributed by atoms with van der Waals surface area (Å²) in [6.45, 7) is 1.41. The second-order valence-corrected chi connectivity index (χ2v) is 7.23. The monoisotopic (exact) mass is 448 g/mol. The molecule has 2 aromatic rings. The average molecular weight is 449 g/mol. The highest BCUT2D eigenvalue weighted by atomic mass is 35.5. The third-order valence-corrected chi connectivity index (χ3v) is 5.21. The lowest BCUT2D eigenvalue weighted by Gasteiger charge is -2.22. The van der Waals surface area contributed by atoms with E-state index < -0.39 is 23.3 Å². The van der Waals surface area contributed by atoms with Crippen LogP contribution in [0.15, 0.2) is 24.4 Å². The molecule has 1 saturated heterocycles. The van der Waals surface area contributed by atoms with E-state index in [0.29, 0.717) is 13.2 Å². The Balaban J connectivity index is 1.80. The highest BCUT2D eigenvalue weighted by molar-refractivity contribution is 6.43. The predicted molar refractivity (Wildman–Crippen MR) is 103 cm³/mol. The molecule has 0 unspecified atom stereocenters. The zero-order chi connectivity index (χ0) is 21.0. The van der Waals surface area contributed by atoms with Gasteiger partial charge in [-0.25, -0.2) is 9.97 Å². The summed E-state index contributed by atoms with van der Waals surface area (Å²) in [5.74, 6) is -1.08. The van der Waals surface area contributed by atoms with Crippen molar-refractivity contribution in [1.82, 2.24) is 15.3 Å². The van der Waals surface area contributed by atoms with E-state index in [1.54, 1.807) is 6.07 Å². The summed E-state index contributed by atoms with van der Waals surface area (Å²) in [6, 6.07) is 4.61. The maximum absolute atomic E-state index is 13.5. The number of nitrogens with one attached hydrogen (secondary N) is 2. The Labute approximate surface area is 174 Å². The van der Waals surface area contributed by atoms with Crippen molar-refractivity contribution in [2.45, 2.75) is 19.0 Å². The number of amides is 1. The maximum atomic E-state index is 13.5. The number of hydrogen-bond donors (Lipinski definition) is 2. The number of nitrogens with zero attached hydrogens (tertiary/aromatic N) is 2. The highest BCUT2D eigenvalue weighted by Crippen LogP contribution is 2.33. The molecule has 0 radical (unpaired) electrons. The smallest absolute Gasteiger partial charge is 0.381 e. The number of ether oxygens (including phenoxy) is 1. The van der Waals surface area contributed by atoms with Gasteiger partial charge in [-0.05, 0) is 30.9 Å². The zero-order valence-electron chi connectivity index (χ0n) is 15.0. The summed E-state index contributed by atoms with van der Waals surface area (Å²) in [4.78, 5) is 19.7. The molecule has 1 amide bonds. The zero-order valence-corrected chi connectivity index (χ0v) is 16.5. The van der Waals surface area contributed by atoms with Gasteiger partial charge < -0.3 is 15.4 Å². The van der Waals surface area contributed by atoms with Gasteiger partial charge in [0.15, 0.2) is 5.69 Å². The van der Waals surface area contributed by atoms with E-state index in [1.165, 1.54) is 12.1 Å². The van der Waals surface area contributed by atoms with Crippen LogP contribution in [0.25, 0.3) is 0 Å². The van der Waals surface area contributed by atoms with Gasteiger partial charge >= 0.3 is 6.18 Å². The van der Waals surface area contributed by atoms with Crippen molar-refractivity contribution in [2.24, 2.45) is 5.92 Å². The summed E-state index contributed by atoms with van der Waals surface area (Å²) in [5.41, 5.74) is -1.74. The molecule has 156 valence electrons. The van der Waals surface area contributed by atoms with Crippen LogP contribution in [0.5, 0.6) is 0 Å². The lowest BCUT2D eigenvalue weighted by Crippen LogP contribution is -2.33. The second kappa shape index (κ2) is 9.15. The number of hydrogen-bond acceptors (Lipinski definition) is 5. The number of anilines is 2. The molecule has 1 aliphatic rings. The lowest BCUT2D eigenvalue weighted by molar-refractivity contribution is -0.141. The molecular weight excluding hydrogens is 432 g/mol. The molecule has 0 atom stereocenters. The van der Waals surface area contributed by atoms with Crippen molar-refractivity contribution in [2.75, 3.05) is 25.1 Å². The van der Waals surface area contributed by atoms with Crippen LogP contribution in [0, 0.1) is 5.92 Å². The fraction of sp³-hybridized carbons (Fsp3) is 0.389. The molecule has 1 aromatic heterocycles. The fourth-order valence-electron chi connectivity index (χ4n) is 2.83. The van der Waals surface area contributed by atoms with Gasteiger partial charge in [-0.3, -0.25) is 4.79 Å². The normalized spacial score (nSPS) is 15.2. The van der Waals surface area contributed by atoms with E-state index in [2.05, 4.69) is 20.6 Å². The predicted octanol–water partition coefficient (Wildman–Crippen LogP) is 4.70. The number of halogens is 5. The van der Waals surface area contributed by atoms with Gasteiger partial charge in [0.1, 0.15) is 0 Å². The van der Waals surface area contributed by atoms with Crippen LogP contribution in [-0.2, 0) is 10.9 Å². The van der Waals surface area contributed by atoms with Gasteiger partial charge in [-0.15, -0.1) is 0 Å². The summed E-state index contributed by atoms with van der Waals surface area (Å²) in [7, 11) is 0. The molecule has 0 aliphatic carbocycles. The summed E-state index contributed by atoms with van der Waals surface area (Å²) in [6.07, 6.45) is -2.52. The van der Waals surface area contributed by atoms with E-state index in [-0.39, 0.29) is 34.1 Å². The number of alkyl halides is 3. The molecule has 6 nitrogen and oxygen atoms in total. The van der Waals surface area contributed by atoms with Gasteiger partial charge in [0.2, 0.25) is 5.95 Å². The van der Waals surface area contributed by atoms with Crippen LogP contribution in [0.3, 0.4) is 0 Å². The SMILES string of the molecule is O=C(NCC1CCOCC1)c1cnc(Nc2cccc(Cl)c2Cl)nc1C(F)(F)F. The molecule has 29 heavy (non-hydrogen) atoms. The highest BCUT2D eigenvalue weighted by Gasteiger charge is 2.38. The van der Waals surface area contributed by atoms with Crippen molar-refractivity contribution in [3.8, 4) is 0 Å². The Morgan fingerprint density at radius 2 is 1.97 bits per heavy atom. The van der Waals surface area contributed by atoms with Crippen LogP contribution in [0.4, 0.5) is 24.8 Å². The first-order valence-electron chi connectivity index (χ1n) is 8.77. The quantitative estimate of drug-likeness (QED) is 0.692. The first-order valence-corrected chi connectivity index (χ1v) is 9.52. The Kier molecular flexibility index (Phi) is 6.81. The first-order chi connectivity index (χ1) is 13.8. The standard InChI is InChI=1S/C18H17Cl2F3N4O2/c19-12-2-1-3-13(14(12)20)26-17-25-9-11(15(27-17)18(21,22)23)16(28)24-8-10-4-6-29-7-5-10/h1-3,9-10H,4-8H2,(H,24,28)(H,25,26,27). The molecule has 0 saturated carbocycles. The van der Waals surface area contributed by atoms with Crippen molar-refractivity contribution in [3.05, 3.63) is 45.7 Å². The number of aromatic nitrogens is 2. The van der Waals surface area contributed by atoms with Crippen molar-refractivity contribution < 1.29 is 22.7 Å². The Hall–Kier alpha value is -2.10. The third kappa shape index (κ3) is 5.49. The van der Waals surface area contributed by atoms with E-state index in [9.17, 15) is 18.0 Å². The third-order valence-electron chi connectivity index (χ3n) is 4.39. The van der Waals surface area contributed by atoms with Gasteiger partial charge in [0, 0.05) is 26.0 Å². The molecule has 2 heterocycles. The molecule has 0 spiro atoms. The van der Waals surface area contributed by atoms with Crippen molar-refractivity contribution in [1.29, 1.82) is 0 Å². The Bertz CT molecular complexity index is 890. The van der Waals surface area contributed by atoms with Gasteiger partial charge in [0.25, 0.3) is 5.91 Å². The van der Waals surface area contributed by atoms with Crippen LogP contribution in [0.1, 0.15) is 28.9 Å². The van der Waals surface area contributed by atoms with Crippen LogP contribution in [-0.4, -0.2) is 35.6 Å². The first kappa shape index (κ1) is 21.6. The second-order valence-electron chi connectivity index (χ2n) is 6.45. The minimum atomic E-state index is -4.84. The minimum Gasteiger partial charge on any atom is -0.381 e. The summed E-state index contributed by atoms with van der Waals surface area (Å²) in [5, 5.41) is 5.46. The molecule has 11 heteroatoms. The molecule has 1 fully saturated rings. The van der Waals surface area contributed by atoms with Gasteiger partial charge in [-0.2, -0.15) is 13.2 Å². The summed E-state index contributed by atoms with van der Waals surface area (Å²) >= 11 is 11.9. The van der Waals surface area contributed by atoms with E-state index in [0.717, 1.165) is 19.0 Å². The number of rotatable bonds is 5. The lowest BCUT2D eigenvalue weighted by atomic mass is 10.0. The van der Waals surface area contributed by atoms with Gasteiger partial charge in [0.05, 0.1) is 21.3 Å². The van der Waals surface area contributed by atoms with E-state index in [4.69, 9.17) is 27.9 Å². The largest absolute Gasteiger partial charge is 0.434 e. The van der Waals surface area contributed by atoms with Crippen molar-refractivity contribution >= 4 is 40.7 Å². The molecule has 0 bridgehead atoms. The average Bonchev–Trinajstić information content (AvgIpc) is 2.70. The van der Waals surface area contributed by atoms with Crippen molar-refractivity contribution in [3.63, 3.8) is 0 Å². The number of carbonyl (C=O) groups excluding carboxylic acids is 1. The molecule has 1 aromatic carbocycles.